The van der Waals surface area contributed by atoms with Crippen molar-refractivity contribution in [2.45, 2.75) is 38.1 Å². The molecule has 5 heteroatoms. The van der Waals surface area contributed by atoms with Crippen LogP contribution in [0.2, 0.25) is 0 Å². The molecule has 1 saturated heterocycles. The Morgan fingerprint density at radius 3 is 2.68 bits per heavy atom. The Balaban J connectivity index is 1.20. The molecule has 1 N–H and O–H groups in total. The van der Waals surface area contributed by atoms with Crippen LogP contribution in [-0.4, -0.2) is 41.2 Å². The molecule has 1 unspecified atom stereocenters. The van der Waals surface area contributed by atoms with Crippen molar-refractivity contribution in [2.75, 3.05) is 19.6 Å². The number of piperidine rings is 1. The minimum atomic E-state index is -0.0323. The minimum Gasteiger partial charge on any atom is -0.347 e. The van der Waals surface area contributed by atoms with E-state index in [4.69, 9.17) is 0 Å². The van der Waals surface area contributed by atoms with Crippen LogP contribution in [0.3, 0.4) is 0 Å². The number of fused-ring (bicyclic) bond motifs is 1. The van der Waals surface area contributed by atoms with Crippen LogP contribution in [0, 0.1) is 5.92 Å². The Labute approximate surface area is 183 Å². The van der Waals surface area contributed by atoms with Crippen LogP contribution in [0.1, 0.15) is 30.9 Å². The molecule has 3 heterocycles. The first-order valence-corrected chi connectivity index (χ1v) is 11.3. The Morgan fingerprint density at radius 1 is 1.13 bits per heavy atom. The zero-order chi connectivity index (χ0) is 21.3. The molecule has 0 spiro atoms. The quantitative estimate of drug-likeness (QED) is 0.687. The second kappa shape index (κ2) is 8.22. The van der Waals surface area contributed by atoms with E-state index in [1.54, 1.807) is 0 Å². The van der Waals surface area contributed by atoms with Crippen LogP contribution in [0.5, 0.6) is 0 Å². The summed E-state index contributed by atoms with van der Waals surface area (Å²) in [5.41, 5.74) is 6.74. The van der Waals surface area contributed by atoms with Crippen molar-refractivity contribution in [3.8, 4) is 0 Å². The number of amides is 1. The van der Waals surface area contributed by atoms with Crippen molar-refractivity contribution in [2.24, 2.45) is 11.0 Å². The minimum absolute atomic E-state index is 0.0323. The van der Waals surface area contributed by atoms with Gasteiger partial charge in [-0.2, -0.15) is 5.10 Å². The lowest BCUT2D eigenvalue weighted by Crippen LogP contribution is -2.40. The lowest BCUT2D eigenvalue weighted by atomic mass is 9.84. The van der Waals surface area contributed by atoms with Crippen molar-refractivity contribution in [3.63, 3.8) is 0 Å². The Kier molecular flexibility index (Phi) is 5.26. The van der Waals surface area contributed by atoms with Gasteiger partial charge in [0.2, 0.25) is 5.91 Å². The van der Waals surface area contributed by atoms with Gasteiger partial charge in [0.05, 0.1) is 6.42 Å². The number of aromatic nitrogens is 1. The molecule has 1 atom stereocenters. The summed E-state index contributed by atoms with van der Waals surface area (Å²) in [6.45, 7) is 5.82. The third-order valence-corrected chi connectivity index (χ3v) is 6.94. The van der Waals surface area contributed by atoms with Crippen molar-refractivity contribution < 1.29 is 4.79 Å². The molecular weight excluding hydrogens is 384 g/mol. The van der Waals surface area contributed by atoms with Gasteiger partial charge in [0.15, 0.2) is 0 Å². The molecule has 3 aromatic rings. The first-order chi connectivity index (χ1) is 15.1. The lowest BCUT2D eigenvalue weighted by molar-refractivity contribution is -0.131. The van der Waals surface area contributed by atoms with Gasteiger partial charge in [0.25, 0.3) is 0 Å². The third kappa shape index (κ3) is 4.09. The number of nitrogens with one attached hydrogen (secondary N) is 1. The number of likely N-dealkylation sites (tertiary alicyclic amines) is 1. The van der Waals surface area contributed by atoms with E-state index in [-0.39, 0.29) is 11.3 Å². The van der Waals surface area contributed by atoms with E-state index >= 15 is 0 Å². The van der Waals surface area contributed by atoms with Gasteiger partial charge < -0.3 is 14.9 Å². The second-order valence-corrected chi connectivity index (χ2v) is 9.24. The SMILES string of the molecule is CC1(c2ccc3c(ccn3CC3CCN(C(=O)Cc4ccccc4)CC3)c2)C=NNC1. The molecular formula is C26H30N4O. The van der Waals surface area contributed by atoms with E-state index in [1.165, 1.54) is 16.5 Å². The van der Waals surface area contributed by atoms with Gasteiger partial charge in [0, 0.05) is 49.5 Å². The van der Waals surface area contributed by atoms with E-state index < -0.39 is 0 Å². The summed E-state index contributed by atoms with van der Waals surface area (Å²) in [5, 5.41) is 5.50. The number of carbonyl (C=O) groups is 1. The molecule has 31 heavy (non-hydrogen) atoms. The zero-order valence-corrected chi connectivity index (χ0v) is 18.1. The van der Waals surface area contributed by atoms with E-state index in [1.807, 2.05) is 41.4 Å². The number of benzene rings is 2. The van der Waals surface area contributed by atoms with Gasteiger partial charge in [-0.25, -0.2) is 0 Å². The molecule has 2 aliphatic heterocycles. The molecule has 2 aromatic carbocycles. The van der Waals surface area contributed by atoms with Crippen molar-refractivity contribution in [3.05, 3.63) is 71.9 Å². The van der Waals surface area contributed by atoms with Crippen molar-refractivity contribution >= 4 is 23.0 Å². The van der Waals surface area contributed by atoms with E-state index in [9.17, 15) is 4.79 Å². The fourth-order valence-electron chi connectivity index (χ4n) is 4.86. The highest BCUT2D eigenvalue weighted by atomic mass is 16.2. The number of hydrogen-bond donors (Lipinski definition) is 1. The van der Waals surface area contributed by atoms with Gasteiger partial charge in [0.1, 0.15) is 0 Å². The smallest absolute Gasteiger partial charge is 0.226 e. The summed E-state index contributed by atoms with van der Waals surface area (Å²) in [5.74, 6) is 0.863. The highest BCUT2D eigenvalue weighted by molar-refractivity contribution is 5.84. The van der Waals surface area contributed by atoms with Crippen LogP contribution >= 0.6 is 0 Å². The van der Waals surface area contributed by atoms with E-state index in [0.29, 0.717) is 12.3 Å². The maximum atomic E-state index is 12.6. The standard InChI is InChI=1S/C26H30N4O/c1-26(18-27-28-19-26)23-7-8-24-22(16-23)11-14-30(24)17-21-9-12-29(13-10-21)25(31)15-20-5-3-2-4-6-20/h2-8,11,14,16,18,21,28H,9-10,12-13,15,17,19H2,1H3. The van der Waals surface area contributed by atoms with Crippen LogP contribution in [-0.2, 0) is 23.2 Å². The number of rotatable bonds is 5. The van der Waals surface area contributed by atoms with Crippen molar-refractivity contribution in [1.82, 2.24) is 14.9 Å². The molecule has 0 bridgehead atoms. The summed E-state index contributed by atoms with van der Waals surface area (Å²) in [6, 6.07) is 19.1. The summed E-state index contributed by atoms with van der Waals surface area (Å²) in [7, 11) is 0. The fourth-order valence-corrected chi connectivity index (χ4v) is 4.86. The molecule has 0 radical (unpaired) electrons. The topological polar surface area (TPSA) is 49.6 Å². The second-order valence-electron chi connectivity index (χ2n) is 9.24. The highest BCUT2D eigenvalue weighted by Crippen LogP contribution is 2.29. The van der Waals surface area contributed by atoms with Gasteiger partial charge in [-0.3, -0.25) is 4.79 Å². The van der Waals surface area contributed by atoms with Crippen LogP contribution < -0.4 is 5.43 Å². The predicted octanol–water partition coefficient (Wildman–Crippen LogP) is 3.97. The average molecular weight is 415 g/mol. The predicted molar refractivity (Wildman–Crippen MR) is 125 cm³/mol. The maximum Gasteiger partial charge on any atom is 0.226 e. The Morgan fingerprint density at radius 2 is 1.94 bits per heavy atom. The largest absolute Gasteiger partial charge is 0.347 e. The first kappa shape index (κ1) is 19.9. The Hall–Kier alpha value is -3.08. The molecule has 1 fully saturated rings. The van der Waals surface area contributed by atoms with E-state index in [2.05, 4.69) is 52.5 Å². The zero-order valence-electron chi connectivity index (χ0n) is 18.1. The van der Waals surface area contributed by atoms with Crippen LogP contribution in [0.25, 0.3) is 10.9 Å². The summed E-state index contributed by atoms with van der Waals surface area (Å²) in [4.78, 5) is 14.7. The van der Waals surface area contributed by atoms with Gasteiger partial charge in [-0.05, 0) is 60.4 Å². The molecule has 5 nitrogen and oxygen atoms in total. The Bertz CT molecular complexity index is 1100. The van der Waals surface area contributed by atoms with Crippen LogP contribution in [0.4, 0.5) is 0 Å². The number of nitrogens with zero attached hydrogens (tertiary/aromatic N) is 3. The van der Waals surface area contributed by atoms with Crippen molar-refractivity contribution in [1.29, 1.82) is 0 Å². The summed E-state index contributed by atoms with van der Waals surface area (Å²) >= 11 is 0. The van der Waals surface area contributed by atoms with Gasteiger partial charge in [-0.1, -0.05) is 36.4 Å². The highest BCUT2D eigenvalue weighted by Gasteiger charge is 2.28. The molecule has 2 aliphatic rings. The number of hydrazone groups is 1. The molecule has 1 amide bonds. The lowest BCUT2D eigenvalue weighted by Gasteiger charge is -2.32. The molecule has 1 aromatic heterocycles. The van der Waals surface area contributed by atoms with Crippen LogP contribution in [0.15, 0.2) is 65.9 Å². The maximum absolute atomic E-state index is 12.6. The normalized spacial score (nSPS) is 21.5. The molecule has 5 rings (SSSR count). The fraction of sp³-hybridized carbons (Fsp3) is 0.385. The van der Waals surface area contributed by atoms with E-state index in [0.717, 1.165) is 44.6 Å². The average Bonchev–Trinajstić information content (AvgIpc) is 3.42. The molecule has 160 valence electrons. The summed E-state index contributed by atoms with van der Waals surface area (Å²) in [6.07, 6.45) is 6.87. The number of hydrogen-bond acceptors (Lipinski definition) is 3. The molecule has 0 aliphatic carbocycles. The molecule has 0 saturated carbocycles. The first-order valence-electron chi connectivity index (χ1n) is 11.3. The van der Waals surface area contributed by atoms with Gasteiger partial charge in [-0.15, -0.1) is 0 Å². The van der Waals surface area contributed by atoms with Gasteiger partial charge >= 0.3 is 0 Å². The monoisotopic (exact) mass is 414 g/mol. The summed E-state index contributed by atoms with van der Waals surface area (Å²) < 4.78 is 2.38. The number of carbonyl (C=O) groups excluding carboxylic acids is 1. The third-order valence-electron chi connectivity index (χ3n) is 6.94.